The average molecular weight is 208 g/mol. The highest BCUT2D eigenvalue weighted by molar-refractivity contribution is 5.98. The van der Waals surface area contributed by atoms with Crippen molar-refractivity contribution in [1.29, 1.82) is 0 Å². The second kappa shape index (κ2) is 6.03. The summed E-state index contributed by atoms with van der Waals surface area (Å²) in [5, 5.41) is 8.92. The first-order chi connectivity index (χ1) is 7.31. The van der Waals surface area contributed by atoms with E-state index in [1.165, 1.54) is 0 Å². The first kappa shape index (κ1) is 11.5. The lowest BCUT2D eigenvalue weighted by atomic mass is 10.2. The van der Waals surface area contributed by atoms with Gasteiger partial charge in [0.15, 0.2) is 5.84 Å². The van der Waals surface area contributed by atoms with Crippen molar-refractivity contribution in [1.82, 2.24) is 5.48 Å². The minimum absolute atomic E-state index is 0.486. The molecule has 15 heavy (non-hydrogen) atoms. The Balaban J connectivity index is 2.83. The van der Waals surface area contributed by atoms with Gasteiger partial charge in [-0.25, -0.2) is 0 Å². The van der Waals surface area contributed by atoms with Crippen molar-refractivity contribution in [3.05, 3.63) is 29.8 Å². The molecule has 0 aliphatic carbocycles. The fourth-order valence-electron chi connectivity index (χ4n) is 1.16. The molecule has 0 unspecified atom stereocenters. The molecule has 82 valence electrons. The lowest BCUT2D eigenvalue weighted by Crippen LogP contribution is -2.20. The molecular formula is C11H16N2O2. The zero-order valence-corrected chi connectivity index (χ0v) is 9.03. The van der Waals surface area contributed by atoms with E-state index in [1.54, 1.807) is 7.11 Å². The lowest BCUT2D eigenvalue weighted by Gasteiger charge is -2.05. The van der Waals surface area contributed by atoms with Crippen LogP contribution in [0.15, 0.2) is 29.3 Å². The minimum Gasteiger partial charge on any atom is -0.497 e. The number of nitrogens with zero attached hydrogens (tertiary/aromatic N) is 1. The number of amidine groups is 1. The number of hydrogen-bond acceptors (Lipinski definition) is 3. The molecule has 0 atom stereocenters. The normalized spacial score (nSPS) is 11.3. The lowest BCUT2D eigenvalue weighted by molar-refractivity contribution is 0.234. The van der Waals surface area contributed by atoms with E-state index in [-0.39, 0.29) is 0 Å². The maximum Gasteiger partial charge on any atom is 0.152 e. The average Bonchev–Trinajstić information content (AvgIpc) is 2.31. The summed E-state index contributed by atoms with van der Waals surface area (Å²) in [5.41, 5.74) is 2.94. The van der Waals surface area contributed by atoms with E-state index in [2.05, 4.69) is 10.5 Å². The van der Waals surface area contributed by atoms with Crippen LogP contribution in [0.25, 0.3) is 0 Å². The highest BCUT2D eigenvalue weighted by Crippen LogP contribution is 2.11. The zero-order valence-electron chi connectivity index (χ0n) is 9.03. The van der Waals surface area contributed by atoms with Crippen molar-refractivity contribution in [3.8, 4) is 5.75 Å². The molecule has 0 bridgehead atoms. The molecule has 0 aromatic heterocycles. The third kappa shape index (κ3) is 3.25. The fraction of sp³-hybridized carbons (Fsp3) is 0.364. The van der Waals surface area contributed by atoms with Crippen LogP contribution in [0.4, 0.5) is 0 Å². The van der Waals surface area contributed by atoms with Crippen LogP contribution >= 0.6 is 0 Å². The van der Waals surface area contributed by atoms with Crippen LogP contribution < -0.4 is 10.2 Å². The van der Waals surface area contributed by atoms with Gasteiger partial charge in [0, 0.05) is 12.1 Å². The summed E-state index contributed by atoms with van der Waals surface area (Å²) in [7, 11) is 1.62. The molecule has 0 fully saturated rings. The van der Waals surface area contributed by atoms with E-state index in [0.717, 1.165) is 17.7 Å². The number of rotatable bonds is 4. The van der Waals surface area contributed by atoms with Gasteiger partial charge in [0.25, 0.3) is 0 Å². The van der Waals surface area contributed by atoms with Crippen molar-refractivity contribution in [2.45, 2.75) is 13.3 Å². The molecule has 4 nitrogen and oxygen atoms in total. The molecule has 1 rings (SSSR count). The predicted molar refractivity (Wildman–Crippen MR) is 59.6 cm³/mol. The minimum atomic E-state index is 0.486. The third-order valence-corrected chi connectivity index (χ3v) is 1.96. The van der Waals surface area contributed by atoms with E-state index in [4.69, 9.17) is 9.94 Å². The Hall–Kier alpha value is -1.55. The Morgan fingerprint density at radius 1 is 1.40 bits per heavy atom. The molecule has 0 amide bonds. The summed E-state index contributed by atoms with van der Waals surface area (Å²) in [6, 6.07) is 7.34. The molecule has 0 spiro atoms. The number of methoxy groups -OCH3 is 1. The topological polar surface area (TPSA) is 53.9 Å². The molecule has 1 aromatic rings. The van der Waals surface area contributed by atoms with Crippen LogP contribution in [0.2, 0.25) is 0 Å². The van der Waals surface area contributed by atoms with Gasteiger partial charge in [-0.1, -0.05) is 6.92 Å². The van der Waals surface area contributed by atoms with Crippen molar-refractivity contribution in [3.63, 3.8) is 0 Å². The van der Waals surface area contributed by atoms with Crippen molar-refractivity contribution < 1.29 is 9.94 Å². The van der Waals surface area contributed by atoms with Crippen LogP contribution in [0.5, 0.6) is 5.75 Å². The van der Waals surface area contributed by atoms with Crippen molar-refractivity contribution in [2.75, 3.05) is 13.7 Å². The summed E-state index contributed by atoms with van der Waals surface area (Å²) < 4.78 is 5.04. The van der Waals surface area contributed by atoms with E-state index in [9.17, 15) is 0 Å². The third-order valence-electron chi connectivity index (χ3n) is 1.96. The van der Waals surface area contributed by atoms with Crippen LogP contribution in [0, 0.1) is 0 Å². The summed E-state index contributed by atoms with van der Waals surface area (Å²) in [5.74, 6) is 1.27. The predicted octanol–water partition coefficient (Wildman–Crippen LogP) is 1.83. The molecule has 4 heteroatoms. The van der Waals surface area contributed by atoms with Crippen LogP contribution in [-0.2, 0) is 0 Å². The number of hydroxylamine groups is 1. The summed E-state index contributed by atoms with van der Waals surface area (Å²) in [4.78, 5) is 4.20. The molecular weight excluding hydrogens is 192 g/mol. The number of benzene rings is 1. The first-order valence-electron chi connectivity index (χ1n) is 4.90. The SMILES string of the molecule is CCCN=C(NO)c1ccc(OC)cc1. The molecule has 0 radical (unpaired) electrons. The van der Waals surface area contributed by atoms with Crippen molar-refractivity contribution in [2.24, 2.45) is 4.99 Å². The standard InChI is InChI=1S/C11H16N2O2/c1-3-8-12-11(13-14)9-4-6-10(15-2)7-5-9/h4-7,14H,3,8H2,1-2H3,(H,12,13). The summed E-state index contributed by atoms with van der Waals surface area (Å²) in [6.45, 7) is 2.72. The van der Waals surface area contributed by atoms with Gasteiger partial charge in [0.05, 0.1) is 7.11 Å². The Labute approximate surface area is 89.6 Å². The van der Waals surface area contributed by atoms with E-state index < -0.39 is 0 Å². The first-order valence-corrected chi connectivity index (χ1v) is 4.90. The molecule has 0 heterocycles. The molecule has 1 aromatic carbocycles. The maximum atomic E-state index is 8.92. The van der Waals surface area contributed by atoms with Gasteiger partial charge in [-0.15, -0.1) is 0 Å². The van der Waals surface area contributed by atoms with Gasteiger partial charge in [0.1, 0.15) is 5.75 Å². The second-order valence-electron chi connectivity index (χ2n) is 3.07. The van der Waals surface area contributed by atoms with Crippen molar-refractivity contribution >= 4 is 5.84 Å². The quantitative estimate of drug-likeness (QED) is 0.451. The molecule has 0 aliphatic rings. The highest BCUT2D eigenvalue weighted by atomic mass is 16.5. The van der Waals surface area contributed by atoms with Gasteiger partial charge >= 0.3 is 0 Å². The van der Waals surface area contributed by atoms with E-state index in [1.807, 2.05) is 31.2 Å². The van der Waals surface area contributed by atoms with E-state index in [0.29, 0.717) is 12.4 Å². The number of nitrogens with one attached hydrogen (secondary N) is 1. The summed E-state index contributed by atoms with van der Waals surface area (Å²) >= 11 is 0. The number of aliphatic imine (C=N–C) groups is 1. The van der Waals surface area contributed by atoms with Gasteiger partial charge < -0.3 is 4.74 Å². The molecule has 0 aliphatic heterocycles. The van der Waals surface area contributed by atoms with Gasteiger partial charge in [0.2, 0.25) is 0 Å². The number of ether oxygens (including phenoxy) is 1. The largest absolute Gasteiger partial charge is 0.497 e. The number of hydrogen-bond donors (Lipinski definition) is 2. The van der Waals surface area contributed by atoms with Gasteiger partial charge in [-0.2, -0.15) is 0 Å². The van der Waals surface area contributed by atoms with Crippen LogP contribution in [0.3, 0.4) is 0 Å². The zero-order chi connectivity index (χ0) is 11.1. The van der Waals surface area contributed by atoms with Gasteiger partial charge in [-0.05, 0) is 30.7 Å². The van der Waals surface area contributed by atoms with Crippen LogP contribution in [0.1, 0.15) is 18.9 Å². The maximum absolute atomic E-state index is 8.92. The summed E-state index contributed by atoms with van der Waals surface area (Å²) in [6.07, 6.45) is 0.946. The Kier molecular flexibility index (Phi) is 4.63. The smallest absolute Gasteiger partial charge is 0.152 e. The Bertz CT molecular complexity index is 320. The Morgan fingerprint density at radius 2 is 2.07 bits per heavy atom. The molecule has 2 N–H and O–H groups in total. The van der Waals surface area contributed by atoms with E-state index >= 15 is 0 Å². The molecule has 0 saturated heterocycles. The second-order valence-corrected chi connectivity index (χ2v) is 3.07. The highest BCUT2D eigenvalue weighted by Gasteiger charge is 2.01. The van der Waals surface area contributed by atoms with Gasteiger partial charge in [-0.3, -0.25) is 15.7 Å². The van der Waals surface area contributed by atoms with Crippen LogP contribution in [-0.4, -0.2) is 24.7 Å². The fourth-order valence-corrected chi connectivity index (χ4v) is 1.16. The molecule has 0 saturated carbocycles. The monoisotopic (exact) mass is 208 g/mol. The Morgan fingerprint density at radius 3 is 2.53 bits per heavy atom.